The second kappa shape index (κ2) is 13.2. The summed E-state index contributed by atoms with van der Waals surface area (Å²) in [5, 5.41) is 12.4. The molecule has 0 radical (unpaired) electrons. The molecule has 0 amide bonds. The third kappa shape index (κ3) is 6.05. The van der Waals surface area contributed by atoms with Crippen LogP contribution in [0.4, 0.5) is 0 Å². The summed E-state index contributed by atoms with van der Waals surface area (Å²) in [6, 6.07) is 25.7. The lowest BCUT2D eigenvalue weighted by molar-refractivity contribution is -0.997. The Morgan fingerprint density at radius 2 is 1.79 bits per heavy atom. The van der Waals surface area contributed by atoms with Gasteiger partial charge in [-0.2, -0.15) is 5.43 Å². The van der Waals surface area contributed by atoms with Crippen molar-refractivity contribution < 1.29 is 24.0 Å². The van der Waals surface area contributed by atoms with Gasteiger partial charge in [0, 0.05) is 31.2 Å². The summed E-state index contributed by atoms with van der Waals surface area (Å²) < 4.78 is 13.2. The number of piperidine rings is 1. The first-order valence-electron chi connectivity index (χ1n) is 17.9. The van der Waals surface area contributed by atoms with Gasteiger partial charge in [0.1, 0.15) is 18.7 Å². The molecule has 1 saturated carbocycles. The van der Waals surface area contributed by atoms with Gasteiger partial charge in [-0.15, -0.1) is 0 Å². The monoisotopic (exact) mass is 635 g/mol. The average molecular weight is 636 g/mol. The van der Waals surface area contributed by atoms with Crippen molar-refractivity contribution in [3.8, 4) is 11.5 Å². The number of nitrogens with one attached hydrogen (secondary N) is 1. The zero-order valence-corrected chi connectivity index (χ0v) is 28.0. The topological polar surface area (TPSA) is 67.8 Å². The van der Waals surface area contributed by atoms with E-state index in [4.69, 9.17) is 9.47 Å². The molecule has 6 heteroatoms. The van der Waals surface area contributed by atoms with E-state index < -0.39 is 5.60 Å². The lowest BCUT2D eigenvalue weighted by atomic mass is 9.51. The second-order valence-electron chi connectivity index (χ2n) is 14.7. The normalized spacial score (nSPS) is 28.1. The van der Waals surface area contributed by atoms with Crippen LogP contribution in [-0.4, -0.2) is 53.0 Å². The molecule has 0 aromatic heterocycles. The van der Waals surface area contributed by atoms with Crippen molar-refractivity contribution in [3.05, 3.63) is 108 Å². The molecule has 7 rings (SSSR count). The number of hydrogen-bond acceptors (Lipinski definition) is 5. The smallest absolute Gasteiger partial charge is 0.308 e. The van der Waals surface area contributed by atoms with Gasteiger partial charge >= 0.3 is 5.97 Å². The van der Waals surface area contributed by atoms with Crippen molar-refractivity contribution in [2.75, 3.05) is 19.6 Å². The van der Waals surface area contributed by atoms with E-state index in [9.17, 15) is 9.90 Å². The molecule has 2 heterocycles. The molecule has 3 aromatic rings. The van der Waals surface area contributed by atoms with E-state index in [1.807, 2.05) is 6.07 Å². The SMILES string of the molecule is C=CC[N+]1(NCC(O)(CCCCc2ccccc2)CCc2ccccc2)CC[C@]23c4c5ccc(OC(C)=O)c4O[C@H]2CCC[C@H]3[C@H]1C5. The third-order valence-corrected chi connectivity index (χ3v) is 12.0. The zero-order chi connectivity index (χ0) is 32.5. The minimum atomic E-state index is -0.821. The van der Waals surface area contributed by atoms with Gasteiger partial charge in [-0.25, -0.2) is 4.59 Å². The largest absolute Gasteiger partial charge is 0.485 e. The predicted octanol–water partition coefficient (Wildman–Crippen LogP) is 7.02. The molecule has 2 bridgehead atoms. The maximum Gasteiger partial charge on any atom is 0.308 e. The molecule has 6 nitrogen and oxygen atoms in total. The maximum absolute atomic E-state index is 12.4. The van der Waals surface area contributed by atoms with Gasteiger partial charge in [0.25, 0.3) is 0 Å². The Bertz CT molecular complexity index is 1580. The van der Waals surface area contributed by atoms with E-state index >= 15 is 0 Å². The van der Waals surface area contributed by atoms with Crippen LogP contribution in [0.5, 0.6) is 11.5 Å². The van der Waals surface area contributed by atoms with Crippen LogP contribution in [0.2, 0.25) is 0 Å². The van der Waals surface area contributed by atoms with Gasteiger partial charge in [0.15, 0.2) is 11.5 Å². The molecule has 2 N–H and O–H groups in total. The summed E-state index contributed by atoms with van der Waals surface area (Å²) in [5.74, 6) is 1.53. The van der Waals surface area contributed by atoms with Crippen LogP contribution >= 0.6 is 0 Å². The number of rotatable bonds is 14. The highest BCUT2D eigenvalue weighted by molar-refractivity contribution is 5.72. The summed E-state index contributed by atoms with van der Waals surface area (Å²) in [6.07, 6.45) is 12.9. The van der Waals surface area contributed by atoms with Crippen LogP contribution < -0.4 is 14.9 Å². The van der Waals surface area contributed by atoms with Crippen LogP contribution in [0.1, 0.15) is 80.5 Å². The number of carbonyl (C=O) groups is 1. The number of likely N-dealkylation sites (tertiary alicyclic amines) is 1. The van der Waals surface area contributed by atoms with Gasteiger partial charge < -0.3 is 14.6 Å². The number of nitrogens with zero attached hydrogens (tertiary/aromatic N) is 1. The first-order valence-corrected chi connectivity index (χ1v) is 17.9. The van der Waals surface area contributed by atoms with E-state index in [-0.39, 0.29) is 17.5 Å². The quantitative estimate of drug-likeness (QED) is 0.0655. The third-order valence-electron chi connectivity index (χ3n) is 12.0. The summed E-state index contributed by atoms with van der Waals surface area (Å²) in [4.78, 5) is 12.0. The zero-order valence-electron chi connectivity index (χ0n) is 28.0. The Balaban J connectivity index is 1.14. The number of carbonyl (C=O) groups excluding carboxylic acids is 1. The van der Waals surface area contributed by atoms with Crippen molar-refractivity contribution in [2.24, 2.45) is 5.92 Å². The highest BCUT2D eigenvalue weighted by Crippen LogP contribution is 2.64. The number of unbranched alkanes of at least 4 members (excludes halogenated alkanes) is 1. The summed E-state index contributed by atoms with van der Waals surface area (Å²) in [7, 11) is 0. The standard InChI is InChI=1S/C41H51N2O4/c1-3-26-43(42-29-40(45,24-22-32-15-8-5-9-16-32)23-11-10-17-31-13-6-4-7-14-31)27-25-41-34-18-12-19-37(41)47-39-36(46-30(2)44)21-20-33(38(39)41)28-35(34)43/h3-9,13-16,20-21,34-35,37,42,45H,1,10-12,17-19,22-29H2,2H3/q+1/t34-,35+,37-,40?,41+,43?/m0/s1. The highest BCUT2D eigenvalue weighted by Gasteiger charge is 2.68. The van der Waals surface area contributed by atoms with Crippen LogP contribution in [0, 0.1) is 5.92 Å². The van der Waals surface area contributed by atoms with E-state index in [0.717, 1.165) is 94.1 Å². The predicted molar refractivity (Wildman–Crippen MR) is 185 cm³/mol. The molecule has 2 aliphatic heterocycles. The fraction of sp³-hybridized carbons (Fsp3) is 0.488. The lowest BCUT2D eigenvalue weighted by Crippen LogP contribution is -2.76. The van der Waals surface area contributed by atoms with Crippen LogP contribution in [0.25, 0.3) is 0 Å². The molecule has 4 aliphatic rings. The molecule has 2 aliphatic carbocycles. The van der Waals surface area contributed by atoms with Crippen LogP contribution in [0.3, 0.4) is 0 Å². The Hall–Kier alpha value is -3.45. The summed E-state index contributed by atoms with van der Waals surface area (Å²) in [5.41, 5.74) is 8.47. The second-order valence-corrected chi connectivity index (χ2v) is 14.7. The van der Waals surface area contributed by atoms with Crippen molar-refractivity contribution in [3.63, 3.8) is 0 Å². The number of aryl methyl sites for hydroxylation is 2. The highest BCUT2D eigenvalue weighted by atomic mass is 16.6. The minimum Gasteiger partial charge on any atom is -0.485 e. The molecular weight excluding hydrogens is 584 g/mol. The van der Waals surface area contributed by atoms with E-state index in [2.05, 4.69) is 84.8 Å². The molecule has 248 valence electrons. The Kier molecular flexibility index (Phi) is 9.03. The molecule has 47 heavy (non-hydrogen) atoms. The Morgan fingerprint density at radius 3 is 2.51 bits per heavy atom. The molecule has 2 unspecified atom stereocenters. The molecule has 6 atom stereocenters. The van der Waals surface area contributed by atoms with Crippen molar-refractivity contribution in [1.82, 2.24) is 5.43 Å². The fourth-order valence-electron chi connectivity index (χ4n) is 9.78. The first kappa shape index (κ1) is 32.1. The number of benzene rings is 3. The summed E-state index contributed by atoms with van der Waals surface area (Å²) in [6.45, 7) is 8.02. The Morgan fingerprint density at radius 1 is 1.04 bits per heavy atom. The number of quaternary nitrogens is 1. The lowest BCUT2D eigenvalue weighted by Gasteiger charge is -2.61. The molecule has 3 aromatic carbocycles. The van der Waals surface area contributed by atoms with E-state index in [1.54, 1.807) is 0 Å². The number of aliphatic hydroxyl groups is 1. The van der Waals surface area contributed by atoms with Gasteiger partial charge in [0.2, 0.25) is 0 Å². The van der Waals surface area contributed by atoms with Gasteiger partial charge in [-0.05, 0) is 80.2 Å². The van der Waals surface area contributed by atoms with Crippen molar-refractivity contribution in [2.45, 2.75) is 101 Å². The number of esters is 1. The molecule has 1 saturated heterocycles. The van der Waals surface area contributed by atoms with Crippen LogP contribution in [0.15, 0.2) is 85.5 Å². The van der Waals surface area contributed by atoms with Crippen molar-refractivity contribution in [1.29, 1.82) is 0 Å². The Labute approximate surface area is 280 Å². The molecule has 1 spiro atoms. The van der Waals surface area contributed by atoms with E-state index in [0.29, 0.717) is 24.3 Å². The van der Waals surface area contributed by atoms with Crippen molar-refractivity contribution >= 4 is 5.97 Å². The van der Waals surface area contributed by atoms with E-state index in [1.165, 1.54) is 29.2 Å². The molecular formula is C41H51N2O4+. The van der Waals surface area contributed by atoms with Gasteiger partial charge in [0.05, 0.1) is 24.1 Å². The van der Waals surface area contributed by atoms with Gasteiger partial charge in [-0.3, -0.25) is 4.79 Å². The van der Waals surface area contributed by atoms with Crippen LogP contribution in [-0.2, 0) is 29.5 Å². The van der Waals surface area contributed by atoms with Gasteiger partial charge in [-0.1, -0.05) is 79.7 Å². The minimum absolute atomic E-state index is 0.0480. The summed E-state index contributed by atoms with van der Waals surface area (Å²) >= 11 is 0. The number of ether oxygens (including phenoxy) is 2. The molecule has 2 fully saturated rings. The fourth-order valence-corrected chi connectivity index (χ4v) is 9.78. The number of hydrogen-bond donors (Lipinski definition) is 2. The maximum atomic E-state index is 12.4. The first-order chi connectivity index (χ1) is 22.9. The average Bonchev–Trinajstić information content (AvgIpc) is 3.43.